The van der Waals surface area contributed by atoms with Gasteiger partial charge in [-0.05, 0) is 33.6 Å². The SMILES string of the molecule is CCOC(=O)N1CCC(NC(=O)Nc2c(C)noc2C)CC1. The summed E-state index contributed by atoms with van der Waals surface area (Å²) < 4.78 is 9.96. The quantitative estimate of drug-likeness (QED) is 0.890. The largest absolute Gasteiger partial charge is 0.450 e. The zero-order valence-corrected chi connectivity index (χ0v) is 13.1. The molecule has 3 amide bonds. The lowest BCUT2D eigenvalue weighted by atomic mass is 10.1. The number of carbonyl (C=O) groups is 2. The summed E-state index contributed by atoms with van der Waals surface area (Å²) in [5, 5.41) is 9.44. The number of hydrogen-bond donors (Lipinski definition) is 2. The van der Waals surface area contributed by atoms with E-state index < -0.39 is 0 Å². The molecule has 0 unspecified atom stereocenters. The highest BCUT2D eigenvalue weighted by atomic mass is 16.6. The number of carbonyl (C=O) groups excluding carboxylic acids is 2. The van der Waals surface area contributed by atoms with Crippen LogP contribution in [-0.4, -0.2) is 47.9 Å². The number of anilines is 1. The molecule has 1 fully saturated rings. The first kappa shape index (κ1) is 16.1. The highest BCUT2D eigenvalue weighted by Crippen LogP contribution is 2.18. The van der Waals surface area contributed by atoms with Gasteiger partial charge in [-0.2, -0.15) is 0 Å². The van der Waals surface area contributed by atoms with E-state index in [9.17, 15) is 9.59 Å². The summed E-state index contributed by atoms with van der Waals surface area (Å²) >= 11 is 0. The third kappa shape index (κ3) is 3.90. The highest BCUT2D eigenvalue weighted by Gasteiger charge is 2.25. The Morgan fingerprint density at radius 2 is 2.05 bits per heavy atom. The number of ether oxygens (including phenoxy) is 1. The molecule has 0 radical (unpaired) electrons. The molecule has 22 heavy (non-hydrogen) atoms. The maximum absolute atomic E-state index is 12.0. The Morgan fingerprint density at radius 3 is 2.59 bits per heavy atom. The molecule has 2 N–H and O–H groups in total. The number of piperidine rings is 1. The normalized spacial score (nSPS) is 15.5. The maximum atomic E-state index is 12.0. The lowest BCUT2D eigenvalue weighted by Crippen LogP contribution is -2.47. The van der Waals surface area contributed by atoms with Gasteiger partial charge in [0.1, 0.15) is 11.4 Å². The minimum atomic E-state index is -0.291. The van der Waals surface area contributed by atoms with Crippen LogP contribution in [0.15, 0.2) is 4.52 Å². The molecule has 2 rings (SSSR count). The Kier molecular flexibility index (Phi) is 5.24. The Hall–Kier alpha value is -2.25. The first-order valence-electron chi connectivity index (χ1n) is 7.43. The predicted octanol–water partition coefficient (Wildman–Crippen LogP) is 2.03. The van der Waals surface area contributed by atoms with Gasteiger partial charge < -0.3 is 24.8 Å². The molecule has 0 bridgehead atoms. The van der Waals surface area contributed by atoms with Crippen LogP contribution in [0.25, 0.3) is 0 Å². The van der Waals surface area contributed by atoms with Gasteiger partial charge in [0.15, 0.2) is 5.76 Å². The molecule has 0 spiro atoms. The summed E-state index contributed by atoms with van der Waals surface area (Å²) in [4.78, 5) is 25.3. The van der Waals surface area contributed by atoms with E-state index >= 15 is 0 Å². The van der Waals surface area contributed by atoms with E-state index in [2.05, 4.69) is 15.8 Å². The van der Waals surface area contributed by atoms with Crippen LogP contribution in [-0.2, 0) is 4.74 Å². The second-order valence-corrected chi connectivity index (χ2v) is 5.26. The van der Waals surface area contributed by atoms with Crippen molar-refractivity contribution < 1.29 is 18.8 Å². The first-order valence-corrected chi connectivity index (χ1v) is 7.43. The molecule has 0 atom stereocenters. The summed E-state index contributed by atoms with van der Waals surface area (Å²) in [5.41, 5.74) is 1.24. The molecule has 2 heterocycles. The molecule has 0 aromatic carbocycles. The molecule has 8 heteroatoms. The van der Waals surface area contributed by atoms with Crippen molar-refractivity contribution in [3.63, 3.8) is 0 Å². The maximum Gasteiger partial charge on any atom is 0.409 e. The van der Waals surface area contributed by atoms with Crippen LogP contribution >= 0.6 is 0 Å². The van der Waals surface area contributed by atoms with Crippen LogP contribution in [0.1, 0.15) is 31.2 Å². The van der Waals surface area contributed by atoms with E-state index in [0.717, 1.165) is 0 Å². The number of aryl methyl sites for hydroxylation is 2. The summed E-state index contributed by atoms with van der Waals surface area (Å²) in [5.74, 6) is 0.574. The van der Waals surface area contributed by atoms with Gasteiger partial charge >= 0.3 is 12.1 Å². The average molecular weight is 310 g/mol. The molecule has 1 aliphatic rings. The van der Waals surface area contributed by atoms with E-state index in [4.69, 9.17) is 9.26 Å². The average Bonchev–Trinajstić information content (AvgIpc) is 2.80. The van der Waals surface area contributed by atoms with E-state index in [0.29, 0.717) is 49.7 Å². The number of hydrogen-bond acceptors (Lipinski definition) is 5. The monoisotopic (exact) mass is 310 g/mol. The molecule has 1 aliphatic heterocycles. The highest BCUT2D eigenvalue weighted by molar-refractivity contribution is 5.90. The zero-order valence-electron chi connectivity index (χ0n) is 13.1. The van der Waals surface area contributed by atoms with Crippen molar-refractivity contribution in [2.24, 2.45) is 0 Å². The standard InChI is InChI=1S/C14H22N4O4/c1-4-21-14(20)18-7-5-11(6-8-18)15-13(19)16-12-9(2)17-22-10(12)3/h11H,4-8H2,1-3H3,(H2,15,16,19). The molecule has 1 saturated heterocycles. The van der Waals surface area contributed by atoms with Gasteiger partial charge in [-0.25, -0.2) is 9.59 Å². The Balaban J connectivity index is 1.78. The van der Waals surface area contributed by atoms with Gasteiger partial charge in [-0.3, -0.25) is 0 Å². The predicted molar refractivity (Wildman–Crippen MR) is 79.7 cm³/mol. The summed E-state index contributed by atoms with van der Waals surface area (Å²) in [6, 6.07) is -0.255. The molecule has 0 saturated carbocycles. The number of amides is 3. The smallest absolute Gasteiger partial charge is 0.409 e. The Labute approximate surface area is 129 Å². The van der Waals surface area contributed by atoms with Crippen LogP contribution in [0.2, 0.25) is 0 Å². The van der Waals surface area contributed by atoms with E-state index in [1.165, 1.54) is 0 Å². The van der Waals surface area contributed by atoms with Crippen LogP contribution in [0.4, 0.5) is 15.3 Å². The van der Waals surface area contributed by atoms with Crippen LogP contribution in [0.3, 0.4) is 0 Å². The summed E-state index contributed by atoms with van der Waals surface area (Å²) in [7, 11) is 0. The number of likely N-dealkylation sites (tertiary alicyclic amines) is 1. The van der Waals surface area contributed by atoms with Gasteiger partial charge in [0, 0.05) is 19.1 Å². The van der Waals surface area contributed by atoms with E-state index in [1.807, 2.05) is 0 Å². The third-order valence-electron chi connectivity index (χ3n) is 3.63. The fraction of sp³-hybridized carbons (Fsp3) is 0.643. The van der Waals surface area contributed by atoms with Crippen LogP contribution in [0.5, 0.6) is 0 Å². The molecular weight excluding hydrogens is 288 g/mol. The number of rotatable bonds is 3. The van der Waals surface area contributed by atoms with Gasteiger partial charge in [0.05, 0.1) is 6.61 Å². The molecule has 122 valence electrons. The van der Waals surface area contributed by atoms with Gasteiger partial charge in [-0.15, -0.1) is 0 Å². The summed E-state index contributed by atoms with van der Waals surface area (Å²) in [6.07, 6.45) is 1.11. The number of nitrogens with one attached hydrogen (secondary N) is 2. The topological polar surface area (TPSA) is 96.7 Å². The number of nitrogens with zero attached hydrogens (tertiary/aromatic N) is 2. The fourth-order valence-corrected chi connectivity index (χ4v) is 2.42. The van der Waals surface area contributed by atoms with Crippen molar-refractivity contribution >= 4 is 17.8 Å². The summed E-state index contributed by atoms with van der Waals surface area (Å²) in [6.45, 7) is 6.82. The zero-order chi connectivity index (χ0) is 16.1. The van der Waals surface area contributed by atoms with Crippen molar-refractivity contribution in [2.45, 2.75) is 39.7 Å². The van der Waals surface area contributed by atoms with Crippen molar-refractivity contribution in [1.29, 1.82) is 0 Å². The van der Waals surface area contributed by atoms with Crippen molar-refractivity contribution in [3.8, 4) is 0 Å². The van der Waals surface area contributed by atoms with Crippen LogP contribution in [0, 0.1) is 13.8 Å². The van der Waals surface area contributed by atoms with Crippen LogP contribution < -0.4 is 10.6 Å². The molecule has 8 nitrogen and oxygen atoms in total. The molecule has 1 aromatic rings. The first-order chi connectivity index (χ1) is 10.5. The van der Waals surface area contributed by atoms with Crippen molar-refractivity contribution in [3.05, 3.63) is 11.5 Å². The second kappa shape index (κ2) is 7.15. The Bertz CT molecular complexity index is 515. The van der Waals surface area contributed by atoms with Crippen molar-refractivity contribution in [1.82, 2.24) is 15.4 Å². The van der Waals surface area contributed by atoms with E-state index in [1.54, 1.807) is 25.7 Å². The fourth-order valence-electron chi connectivity index (χ4n) is 2.42. The number of aromatic nitrogens is 1. The van der Waals surface area contributed by atoms with Gasteiger partial charge in [0.2, 0.25) is 0 Å². The van der Waals surface area contributed by atoms with Crippen molar-refractivity contribution in [2.75, 3.05) is 25.0 Å². The molecule has 0 aliphatic carbocycles. The second-order valence-electron chi connectivity index (χ2n) is 5.26. The van der Waals surface area contributed by atoms with E-state index in [-0.39, 0.29) is 18.2 Å². The minimum absolute atomic E-state index is 0.0335. The lowest BCUT2D eigenvalue weighted by molar-refractivity contribution is 0.0959. The van der Waals surface area contributed by atoms with Gasteiger partial charge in [-0.1, -0.05) is 5.16 Å². The number of urea groups is 1. The molecule has 1 aromatic heterocycles. The third-order valence-corrected chi connectivity index (χ3v) is 3.63. The lowest BCUT2D eigenvalue weighted by Gasteiger charge is -2.31. The minimum Gasteiger partial charge on any atom is -0.450 e. The molecular formula is C14H22N4O4. The Morgan fingerprint density at radius 1 is 1.36 bits per heavy atom. The van der Waals surface area contributed by atoms with Gasteiger partial charge in [0.25, 0.3) is 0 Å².